The van der Waals surface area contributed by atoms with E-state index in [1.807, 2.05) is 72.8 Å². The summed E-state index contributed by atoms with van der Waals surface area (Å²) in [4.78, 5) is 30.8. The van der Waals surface area contributed by atoms with Crippen molar-refractivity contribution in [3.05, 3.63) is 102 Å². The number of nitrogens with zero attached hydrogens (tertiary/aromatic N) is 3. The Morgan fingerprint density at radius 3 is 2.16 bits per heavy atom. The lowest BCUT2D eigenvalue weighted by Crippen LogP contribution is -2.49. The van der Waals surface area contributed by atoms with Gasteiger partial charge in [0.2, 0.25) is 11.8 Å². The van der Waals surface area contributed by atoms with Gasteiger partial charge >= 0.3 is 0 Å². The zero-order valence-corrected chi connectivity index (χ0v) is 22.1. The Morgan fingerprint density at radius 2 is 1.49 bits per heavy atom. The molecule has 0 saturated heterocycles. The fourth-order valence-electron chi connectivity index (χ4n) is 4.78. The minimum absolute atomic E-state index is 0.145. The van der Waals surface area contributed by atoms with E-state index >= 15 is 0 Å². The summed E-state index contributed by atoms with van der Waals surface area (Å²) < 4.78 is 2.29. The van der Waals surface area contributed by atoms with E-state index in [1.54, 1.807) is 11.9 Å². The molecule has 2 amide bonds. The Kier molecular flexibility index (Phi) is 8.41. The van der Waals surface area contributed by atoms with E-state index in [9.17, 15) is 9.59 Å². The van der Waals surface area contributed by atoms with Crippen LogP contribution in [0.2, 0.25) is 0 Å². The average molecular weight is 497 g/mol. The molecular formula is C31H36N4O2. The zero-order chi connectivity index (χ0) is 26.4. The van der Waals surface area contributed by atoms with E-state index in [1.165, 1.54) is 0 Å². The molecule has 4 rings (SSSR count). The highest BCUT2D eigenvalue weighted by Gasteiger charge is 2.26. The van der Waals surface area contributed by atoms with Gasteiger partial charge in [0.05, 0.1) is 6.42 Å². The summed E-state index contributed by atoms with van der Waals surface area (Å²) in [7, 11) is 5.88. The first-order valence-corrected chi connectivity index (χ1v) is 12.7. The lowest BCUT2D eigenvalue weighted by molar-refractivity contribution is -0.127. The van der Waals surface area contributed by atoms with E-state index < -0.39 is 6.04 Å². The van der Waals surface area contributed by atoms with Crippen LogP contribution in [0.25, 0.3) is 10.9 Å². The predicted octanol–water partition coefficient (Wildman–Crippen LogP) is 4.44. The summed E-state index contributed by atoms with van der Waals surface area (Å²) in [6.07, 6.45) is 0.640. The Balaban J connectivity index is 1.58. The molecule has 0 aliphatic carbocycles. The van der Waals surface area contributed by atoms with Gasteiger partial charge in [-0.15, -0.1) is 0 Å². The molecule has 0 saturated carbocycles. The number of fused-ring (bicyclic) bond motifs is 1. The molecule has 6 heteroatoms. The molecule has 0 aliphatic rings. The first-order valence-electron chi connectivity index (χ1n) is 12.7. The molecule has 0 radical (unpaired) electrons. The van der Waals surface area contributed by atoms with Gasteiger partial charge in [-0.25, -0.2) is 0 Å². The molecule has 6 nitrogen and oxygen atoms in total. The van der Waals surface area contributed by atoms with Crippen molar-refractivity contribution < 1.29 is 9.59 Å². The van der Waals surface area contributed by atoms with E-state index in [-0.39, 0.29) is 18.2 Å². The third-order valence-electron chi connectivity index (χ3n) is 6.86. The third kappa shape index (κ3) is 6.27. The predicted molar refractivity (Wildman–Crippen MR) is 151 cm³/mol. The maximum absolute atomic E-state index is 13.6. The Labute approximate surface area is 219 Å². The Hall–Kier alpha value is -3.90. The van der Waals surface area contributed by atoms with Crippen molar-refractivity contribution in [2.24, 2.45) is 0 Å². The van der Waals surface area contributed by atoms with Gasteiger partial charge in [-0.3, -0.25) is 9.59 Å². The van der Waals surface area contributed by atoms with Gasteiger partial charge in [0.25, 0.3) is 0 Å². The van der Waals surface area contributed by atoms with E-state index in [0.29, 0.717) is 6.42 Å². The topological polar surface area (TPSA) is 57.6 Å². The molecule has 0 aliphatic heterocycles. The summed E-state index contributed by atoms with van der Waals surface area (Å²) >= 11 is 0. The first kappa shape index (κ1) is 26.2. The highest BCUT2D eigenvalue weighted by Crippen LogP contribution is 2.26. The molecule has 3 aromatic carbocycles. The quantitative estimate of drug-likeness (QED) is 0.353. The van der Waals surface area contributed by atoms with Crippen LogP contribution in [-0.4, -0.2) is 55.0 Å². The second kappa shape index (κ2) is 11.9. The first-order chi connectivity index (χ1) is 17.8. The maximum atomic E-state index is 13.6. The third-order valence-corrected chi connectivity index (χ3v) is 6.86. The SMILES string of the molecule is Cc1c(CC(=O)N[C@@H](Cc2ccccc2)C(=O)N(C)c2ccccc2)c2ccccc2n1CCN(C)C. The number of carbonyl (C=O) groups excluding carboxylic acids is 2. The van der Waals surface area contributed by atoms with Crippen molar-refractivity contribution in [1.29, 1.82) is 0 Å². The van der Waals surface area contributed by atoms with E-state index in [4.69, 9.17) is 0 Å². The van der Waals surface area contributed by atoms with Gasteiger partial charge in [-0.2, -0.15) is 0 Å². The number of anilines is 1. The highest BCUT2D eigenvalue weighted by molar-refractivity contribution is 5.99. The van der Waals surface area contributed by atoms with Gasteiger partial charge < -0.3 is 19.7 Å². The zero-order valence-electron chi connectivity index (χ0n) is 22.1. The van der Waals surface area contributed by atoms with Gasteiger partial charge in [0.15, 0.2) is 0 Å². The number of aromatic nitrogens is 1. The van der Waals surface area contributed by atoms with Gasteiger partial charge in [0, 0.05) is 48.8 Å². The summed E-state index contributed by atoms with van der Waals surface area (Å²) in [5, 5.41) is 4.15. The maximum Gasteiger partial charge on any atom is 0.249 e. The van der Waals surface area contributed by atoms with Crippen LogP contribution < -0.4 is 10.2 Å². The molecule has 1 heterocycles. The molecule has 192 valence electrons. The van der Waals surface area contributed by atoms with Crippen molar-refractivity contribution >= 4 is 28.4 Å². The average Bonchev–Trinajstić information content (AvgIpc) is 3.17. The molecule has 1 N–H and O–H groups in total. The second-order valence-electron chi connectivity index (χ2n) is 9.76. The van der Waals surface area contributed by atoms with Crippen molar-refractivity contribution in [3.63, 3.8) is 0 Å². The largest absolute Gasteiger partial charge is 0.344 e. The smallest absolute Gasteiger partial charge is 0.249 e. The number of carbonyl (C=O) groups is 2. The lowest BCUT2D eigenvalue weighted by Gasteiger charge is -2.25. The van der Waals surface area contributed by atoms with Crippen LogP contribution in [0.3, 0.4) is 0 Å². The van der Waals surface area contributed by atoms with Crippen LogP contribution in [0, 0.1) is 6.92 Å². The van der Waals surface area contributed by atoms with Crippen LogP contribution >= 0.6 is 0 Å². The number of hydrogen-bond acceptors (Lipinski definition) is 3. The van der Waals surface area contributed by atoms with Crippen LogP contribution in [0.15, 0.2) is 84.9 Å². The van der Waals surface area contributed by atoms with Crippen molar-refractivity contribution in [1.82, 2.24) is 14.8 Å². The number of para-hydroxylation sites is 2. The number of benzene rings is 3. The monoisotopic (exact) mass is 496 g/mol. The number of likely N-dealkylation sites (N-methyl/N-ethyl adjacent to an activating group) is 2. The molecular weight excluding hydrogens is 460 g/mol. The van der Waals surface area contributed by atoms with E-state index in [2.05, 4.69) is 47.9 Å². The van der Waals surface area contributed by atoms with Crippen LogP contribution in [-0.2, 0) is 29.0 Å². The van der Waals surface area contributed by atoms with Crippen molar-refractivity contribution in [2.75, 3.05) is 32.6 Å². The number of rotatable bonds is 10. The summed E-state index contributed by atoms with van der Waals surface area (Å²) in [6.45, 7) is 3.83. The van der Waals surface area contributed by atoms with Crippen LogP contribution in [0.5, 0.6) is 0 Å². The van der Waals surface area contributed by atoms with E-state index in [0.717, 1.165) is 46.5 Å². The summed E-state index contributed by atoms with van der Waals surface area (Å²) in [5.74, 6) is -0.303. The van der Waals surface area contributed by atoms with Gasteiger partial charge in [-0.1, -0.05) is 66.7 Å². The van der Waals surface area contributed by atoms with Crippen LogP contribution in [0.1, 0.15) is 16.8 Å². The summed E-state index contributed by atoms with van der Waals surface area (Å²) in [6, 6.07) is 26.9. The molecule has 0 fully saturated rings. The highest BCUT2D eigenvalue weighted by atomic mass is 16.2. The van der Waals surface area contributed by atoms with Gasteiger partial charge in [-0.05, 0) is 50.3 Å². The molecule has 37 heavy (non-hydrogen) atoms. The fourth-order valence-corrected chi connectivity index (χ4v) is 4.78. The number of nitrogens with one attached hydrogen (secondary N) is 1. The number of hydrogen-bond donors (Lipinski definition) is 1. The van der Waals surface area contributed by atoms with Gasteiger partial charge in [0.1, 0.15) is 6.04 Å². The molecule has 1 atom stereocenters. The Bertz CT molecular complexity index is 1350. The normalized spacial score (nSPS) is 12.0. The minimum atomic E-state index is -0.678. The van der Waals surface area contributed by atoms with Crippen molar-refractivity contribution in [2.45, 2.75) is 32.4 Å². The molecule has 0 bridgehead atoms. The molecule has 4 aromatic rings. The standard InChI is InChI=1S/C31H36N4O2/c1-23-27(26-17-11-12-18-29(26)35(23)20-19-33(2)3)22-30(36)32-28(21-24-13-7-5-8-14-24)31(37)34(4)25-15-9-6-10-16-25/h5-18,28H,19-22H2,1-4H3,(H,32,36)/t28-/m0/s1. The fraction of sp³-hybridized carbons (Fsp3) is 0.290. The van der Waals surface area contributed by atoms with Crippen LogP contribution in [0.4, 0.5) is 5.69 Å². The summed E-state index contributed by atoms with van der Waals surface area (Å²) in [5.41, 5.74) is 5.02. The Morgan fingerprint density at radius 1 is 0.865 bits per heavy atom. The minimum Gasteiger partial charge on any atom is -0.344 e. The lowest BCUT2D eigenvalue weighted by atomic mass is 10.0. The number of amides is 2. The second-order valence-corrected chi connectivity index (χ2v) is 9.76. The molecule has 0 unspecified atom stereocenters. The molecule has 0 spiro atoms. The molecule has 1 aromatic heterocycles. The van der Waals surface area contributed by atoms with Crippen molar-refractivity contribution in [3.8, 4) is 0 Å².